The standard InChI is InChI=1S/C13H16N4OS/c18-11-5-6-14-12-17(11)15-13(19-12)16(7-9-1-2-9)8-10-3-4-10/h5-6,9-10H,1-4,7-8H2. The smallest absolute Gasteiger partial charge is 0.275 e. The Labute approximate surface area is 114 Å². The number of nitrogens with zero attached hydrogens (tertiary/aromatic N) is 4. The second-order valence-electron chi connectivity index (χ2n) is 5.65. The molecule has 6 heteroatoms. The second-order valence-corrected chi connectivity index (χ2v) is 6.59. The molecule has 2 heterocycles. The van der Waals surface area contributed by atoms with Gasteiger partial charge in [-0.3, -0.25) is 4.79 Å². The summed E-state index contributed by atoms with van der Waals surface area (Å²) in [5.41, 5.74) is -0.0923. The van der Waals surface area contributed by atoms with E-state index in [9.17, 15) is 4.79 Å². The predicted molar refractivity (Wildman–Crippen MR) is 74.8 cm³/mol. The molecule has 0 bridgehead atoms. The van der Waals surface area contributed by atoms with Gasteiger partial charge in [-0.15, -0.1) is 5.10 Å². The molecule has 100 valence electrons. The number of anilines is 1. The molecule has 2 aliphatic rings. The highest BCUT2D eigenvalue weighted by molar-refractivity contribution is 7.20. The highest BCUT2D eigenvalue weighted by Gasteiger charge is 2.30. The van der Waals surface area contributed by atoms with Gasteiger partial charge in [0.25, 0.3) is 5.56 Å². The van der Waals surface area contributed by atoms with Crippen LogP contribution in [0.15, 0.2) is 17.1 Å². The summed E-state index contributed by atoms with van der Waals surface area (Å²) in [6.45, 7) is 2.18. The minimum atomic E-state index is -0.0923. The molecule has 19 heavy (non-hydrogen) atoms. The van der Waals surface area contributed by atoms with Crippen LogP contribution in [-0.4, -0.2) is 27.7 Å². The highest BCUT2D eigenvalue weighted by atomic mass is 32.1. The number of aromatic nitrogens is 3. The number of fused-ring (bicyclic) bond motifs is 1. The third-order valence-electron chi connectivity index (χ3n) is 3.78. The first-order valence-corrected chi connectivity index (χ1v) is 7.71. The molecule has 0 radical (unpaired) electrons. The van der Waals surface area contributed by atoms with Gasteiger partial charge in [0.15, 0.2) is 0 Å². The molecule has 0 aliphatic heterocycles. The van der Waals surface area contributed by atoms with Gasteiger partial charge in [-0.25, -0.2) is 4.98 Å². The molecule has 2 aromatic rings. The molecule has 0 N–H and O–H groups in total. The summed E-state index contributed by atoms with van der Waals surface area (Å²) in [5.74, 6) is 1.66. The highest BCUT2D eigenvalue weighted by Crippen LogP contribution is 2.36. The SMILES string of the molecule is O=c1ccnc2sc(N(CC3CC3)CC3CC3)nn12. The minimum Gasteiger partial charge on any atom is -0.346 e. The molecule has 5 nitrogen and oxygen atoms in total. The fourth-order valence-electron chi connectivity index (χ4n) is 2.32. The van der Waals surface area contributed by atoms with E-state index >= 15 is 0 Å². The zero-order chi connectivity index (χ0) is 12.8. The van der Waals surface area contributed by atoms with E-state index in [4.69, 9.17) is 0 Å². The summed E-state index contributed by atoms with van der Waals surface area (Å²) in [6.07, 6.45) is 6.91. The van der Waals surface area contributed by atoms with Crippen molar-refractivity contribution in [3.8, 4) is 0 Å². The number of hydrogen-bond donors (Lipinski definition) is 0. The van der Waals surface area contributed by atoms with Crippen molar-refractivity contribution in [2.75, 3.05) is 18.0 Å². The molecule has 0 spiro atoms. The lowest BCUT2D eigenvalue weighted by atomic mass is 10.3. The Morgan fingerprint density at radius 1 is 1.26 bits per heavy atom. The first-order chi connectivity index (χ1) is 9.29. The molecule has 0 atom stereocenters. The van der Waals surface area contributed by atoms with Crippen molar-refractivity contribution in [1.82, 2.24) is 14.6 Å². The van der Waals surface area contributed by atoms with Gasteiger partial charge in [-0.05, 0) is 37.5 Å². The number of hydrogen-bond acceptors (Lipinski definition) is 5. The lowest BCUT2D eigenvalue weighted by Crippen LogP contribution is -2.28. The van der Waals surface area contributed by atoms with Gasteiger partial charge >= 0.3 is 0 Å². The first kappa shape index (κ1) is 11.4. The second kappa shape index (κ2) is 4.30. The van der Waals surface area contributed by atoms with Gasteiger partial charge in [-0.2, -0.15) is 4.52 Å². The topological polar surface area (TPSA) is 50.5 Å². The fourth-order valence-corrected chi connectivity index (χ4v) is 3.21. The zero-order valence-corrected chi connectivity index (χ0v) is 11.5. The van der Waals surface area contributed by atoms with E-state index in [1.807, 2.05) is 0 Å². The lowest BCUT2D eigenvalue weighted by Gasteiger charge is -2.20. The molecule has 2 aliphatic carbocycles. The summed E-state index contributed by atoms with van der Waals surface area (Å²) >= 11 is 1.53. The van der Waals surface area contributed by atoms with Crippen LogP contribution < -0.4 is 10.5 Å². The predicted octanol–water partition coefficient (Wildman–Crippen LogP) is 1.78. The number of rotatable bonds is 5. The monoisotopic (exact) mass is 276 g/mol. The van der Waals surface area contributed by atoms with Gasteiger partial charge in [0.05, 0.1) is 0 Å². The molecule has 0 aromatic carbocycles. The maximum absolute atomic E-state index is 11.7. The van der Waals surface area contributed by atoms with E-state index in [1.165, 1.54) is 47.6 Å². The minimum absolute atomic E-state index is 0.0923. The van der Waals surface area contributed by atoms with E-state index in [0.29, 0.717) is 4.96 Å². The van der Waals surface area contributed by atoms with Crippen molar-refractivity contribution in [3.05, 3.63) is 22.6 Å². The van der Waals surface area contributed by atoms with E-state index in [2.05, 4.69) is 15.0 Å². The van der Waals surface area contributed by atoms with Crippen molar-refractivity contribution in [3.63, 3.8) is 0 Å². The molecule has 0 saturated heterocycles. The van der Waals surface area contributed by atoms with Crippen molar-refractivity contribution < 1.29 is 0 Å². The molecule has 2 fully saturated rings. The van der Waals surface area contributed by atoms with E-state index in [-0.39, 0.29) is 5.56 Å². The third kappa shape index (κ3) is 2.36. The Balaban J connectivity index is 1.67. The van der Waals surface area contributed by atoms with Crippen LogP contribution in [0.5, 0.6) is 0 Å². The Bertz CT molecular complexity index is 642. The maximum Gasteiger partial charge on any atom is 0.275 e. The maximum atomic E-state index is 11.7. The van der Waals surface area contributed by atoms with Crippen molar-refractivity contribution in [2.45, 2.75) is 25.7 Å². The normalized spacial score (nSPS) is 18.9. The molecular formula is C13H16N4OS. The largest absolute Gasteiger partial charge is 0.346 e. The molecule has 2 aromatic heterocycles. The van der Waals surface area contributed by atoms with Crippen LogP contribution in [0, 0.1) is 11.8 Å². The Morgan fingerprint density at radius 2 is 1.95 bits per heavy atom. The Hall–Kier alpha value is -1.43. The summed E-state index contributed by atoms with van der Waals surface area (Å²) in [4.78, 5) is 19.0. The summed E-state index contributed by atoms with van der Waals surface area (Å²) in [5, 5.41) is 5.41. The van der Waals surface area contributed by atoms with E-state index in [0.717, 1.165) is 30.1 Å². The fraction of sp³-hybridized carbons (Fsp3) is 0.615. The average Bonchev–Trinajstić information content (AvgIpc) is 3.31. The molecular weight excluding hydrogens is 260 g/mol. The summed E-state index contributed by atoms with van der Waals surface area (Å²) in [6, 6.07) is 1.46. The van der Waals surface area contributed by atoms with Gasteiger partial charge < -0.3 is 4.90 Å². The quantitative estimate of drug-likeness (QED) is 0.835. The van der Waals surface area contributed by atoms with Crippen LogP contribution in [0.3, 0.4) is 0 Å². The Kier molecular flexibility index (Phi) is 2.58. The van der Waals surface area contributed by atoms with E-state index < -0.39 is 0 Å². The Morgan fingerprint density at radius 3 is 2.53 bits per heavy atom. The summed E-state index contributed by atoms with van der Waals surface area (Å²) in [7, 11) is 0. The molecule has 0 unspecified atom stereocenters. The van der Waals surface area contributed by atoms with Gasteiger partial charge in [-0.1, -0.05) is 11.3 Å². The molecule has 2 saturated carbocycles. The van der Waals surface area contributed by atoms with Gasteiger partial charge in [0.2, 0.25) is 10.1 Å². The van der Waals surface area contributed by atoms with Crippen molar-refractivity contribution >= 4 is 21.4 Å². The van der Waals surface area contributed by atoms with Crippen LogP contribution in [-0.2, 0) is 0 Å². The third-order valence-corrected chi connectivity index (χ3v) is 4.77. The van der Waals surface area contributed by atoms with Crippen molar-refractivity contribution in [2.24, 2.45) is 11.8 Å². The average molecular weight is 276 g/mol. The molecule has 0 amide bonds. The van der Waals surface area contributed by atoms with Crippen LogP contribution in [0.2, 0.25) is 0 Å². The van der Waals surface area contributed by atoms with Crippen LogP contribution in [0.25, 0.3) is 4.96 Å². The van der Waals surface area contributed by atoms with Gasteiger partial charge in [0, 0.05) is 25.4 Å². The van der Waals surface area contributed by atoms with Crippen LogP contribution in [0.1, 0.15) is 25.7 Å². The van der Waals surface area contributed by atoms with E-state index in [1.54, 1.807) is 6.20 Å². The van der Waals surface area contributed by atoms with Crippen LogP contribution in [0.4, 0.5) is 5.13 Å². The molecule has 4 rings (SSSR count). The van der Waals surface area contributed by atoms with Gasteiger partial charge in [0.1, 0.15) is 0 Å². The summed E-state index contributed by atoms with van der Waals surface area (Å²) < 4.78 is 1.42. The van der Waals surface area contributed by atoms with Crippen LogP contribution >= 0.6 is 11.3 Å². The lowest BCUT2D eigenvalue weighted by molar-refractivity contribution is 0.670. The first-order valence-electron chi connectivity index (χ1n) is 6.89. The zero-order valence-electron chi connectivity index (χ0n) is 10.7. The van der Waals surface area contributed by atoms with Crippen molar-refractivity contribution in [1.29, 1.82) is 0 Å².